The van der Waals surface area contributed by atoms with Crippen LogP contribution < -0.4 is 5.32 Å². The Kier molecular flexibility index (Phi) is 3.26. The third-order valence-corrected chi connectivity index (χ3v) is 1.64. The van der Waals surface area contributed by atoms with E-state index in [1.165, 1.54) is 11.6 Å². The van der Waals surface area contributed by atoms with Crippen LogP contribution in [0.4, 0.5) is 5.69 Å². The summed E-state index contributed by atoms with van der Waals surface area (Å²) in [6, 6.07) is 7.70. The van der Waals surface area contributed by atoms with Crippen LogP contribution in [0.25, 0.3) is 0 Å². The van der Waals surface area contributed by atoms with Gasteiger partial charge in [-0.1, -0.05) is 23.8 Å². The van der Waals surface area contributed by atoms with Gasteiger partial charge in [0.1, 0.15) is 0 Å². The summed E-state index contributed by atoms with van der Waals surface area (Å²) in [5.74, 6) is -0.0913. The van der Waals surface area contributed by atoms with Crippen LogP contribution in [0, 0.1) is 6.92 Å². The first-order valence-electron chi connectivity index (χ1n) is 4.22. The van der Waals surface area contributed by atoms with E-state index >= 15 is 0 Å². The predicted molar refractivity (Wildman–Crippen MR) is 54.6 cm³/mol. The van der Waals surface area contributed by atoms with Crippen molar-refractivity contribution in [3.8, 4) is 0 Å². The average Bonchev–Trinajstić information content (AvgIpc) is 2.09. The molecule has 0 atom stereocenters. The molecule has 1 amide bonds. The number of anilines is 1. The summed E-state index contributed by atoms with van der Waals surface area (Å²) in [7, 11) is 0. The van der Waals surface area contributed by atoms with Gasteiger partial charge in [-0.25, -0.2) is 0 Å². The van der Waals surface area contributed by atoms with Gasteiger partial charge in [0.05, 0.1) is 0 Å². The van der Waals surface area contributed by atoms with E-state index in [-0.39, 0.29) is 5.91 Å². The van der Waals surface area contributed by atoms with Crippen molar-refractivity contribution < 1.29 is 4.79 Å². The predicted octanol–water partition coefficient (Wildman–Crippen LogP) is 2.51. The molecule has 0 fully saturated rings. The Labute approximate surface area is 78.3 Å². The molecule has 0 spiro atoms. The number of hydrogen-bond acceptors (Lipinski definition) is 1. The zero-order chi connectivity index (χ0) is 9.68. The number of rotatable bonds is 2. The smallest absolute Gasteiger partial charge is 0.248 e. The lowest BCUT2D eigenvalue weighted by Gasteiger charge is -2.01. The first-order valence-corrected chi connectivity index (χ1v) is 4.22. The molecule has 0 aliphatic carbocycles. The van der Waals surface area contributed by atoms with Gasteiger partial charge in [-0.3, -0.25) is 4.79 Å². The lowest BCUT2D eigenvalue weighted by atomic mass is 10.2. The molecule has 0 unspecified atom stereocenters. The van der Waals surface area contributed by atoms with Crippen LogP contribution in [-0.4, -0.2) is 5.91 Å². The van der Waals surface area contributed by atoms with Crippen molar-refractivity contribution in [2.24, 2.45) is 0 Å². The number of hydrogen-bond donors (Lipinski definition) is 1. The summed E-state index contributed by atoms with van der Waals surface area (Å²) in [5.41, 5.74) is 2.01. The fourth-order valence-electron chi connectivity index (χ4n) is 0.972. The Bertz CT molecular complexity index is 311. The maximum atomic E-state index is 11.1. The molecule has 1 aromatic carbocycles. The van der Waals surface area contributed by atoms with Crippen molar-refractivity contribution in [3.63, 3.8) is 0 Å². The molecule has 2 nitrogen and oxygen atoms in total. The summed E-state index contributed by atoms with van der Waals surface area (Å²) in [6.45, 7) is 3.83. The number of aryl methyl sites for hydroxylation is 1. The van der Waals surface area contributed by atoms with Crippen molar-refractivity contribution >= 4 is 11.6 Å². The molecule has 0 heterocycles. The Morgan fingerprint density at radius 2 is 1.92 bits per heavy atom. The number of benzene rings is 1. The van der Waals surface area contributed by atoms with E-state index in [4.69, 9.17) is 0 Å². The highest BCUT2D eigenvalue weighted by Gasteiger charge is 1.95. The monoisotopic (exact) mass is 175 g/mol. The molecule has 0 saturated carbocycles. The van der Waals surface area contributed by atoms with Gasteiger partial charge < -0.3 is 5.32 Å². The van der Waals surface area contributed by atoms with Crippen LogP contribution in [0.15, 0.2) is 36.4 Å². The SMILES string of the molecule is C/C=C\C(=O)Nc1ccc(C)cc1. The summed E-state index contributed by atoms with van der Waals surface area (Å²) in [4.78, 5) is 11.1. The molecule has 2 heteroatoms. The van der Waals surface area contributed by atoms with Crippen molar-refractivity contribution in [1.29, 1.82) is 0 Å². The van der Waals surface area contributed by atoms with Crippen LogP contribution in [0.1, 0.15) is 12.5 Å². The number of amides is 1. The van der Waals surface area contributed by atoms with Crippen molar-refractivity contribution in [3.05, 3.63) is 42.0 Å². The van der Waals surface area contributed by atoms with E-state index in [0.29, 0.717) is 0 Å². The van der Waals surface area contributed by atoms with Crippen LogP contribution in [-0.2, 0) is 4.79 Å². The molecule has 1 N–H and O–H groups in total. The van der Waals surface area contributed by atoms with Crippen LogP contribution in [0.2, 0.25) is 0 Å². The van der Waals surface area contributed by atoms with Crippen LogP contribution in [0.3, 0.4) is 0 Å². The second-order valence-electron chi connectivity index (χ2n) is 2.86. The Morgan fingerprint density at radius 1 is 1.31 bits per heavy atom. The minimum Gasteiger partial charge on any atom is -0.323 e. The standard InChI is InChI=1S/C11H13NO/c1-3-4-11(13)12-10-7-5-9(2)6-8-10/h3-8H,1-2H3,(H,12,13)/b4-3-. The fourth-order valence-corrected chi connectivity index (χ4v) is 0.972. The van der Waals surface area contributed by atoms with E-state index in [9.17, 15) is 4.79 Å². The molecule has 68 valence electrons. The average molecular weight is 175 g/mol. The highest BCUT2D eigenvalue weighted by atomic mass is 16.1. The Hall–Kier alpha value is -1.57. The zero-order valence-electron chi connectivity index (χ0n) is 7.87. The first kappa shape index (κ1) is 9.52. The lowest BCUT2D eigenvalue weighted by molar-refractivity contribution is -0.111. The molecule has 0 aliphatic heterocycles. The van der Waals surface area contributed by atoms with Gasteiger partial charge in [-0.15, -0.1) is 0 Å². The maximum absolute atomic E-state index is 11.1. The number of carbonyl (C=O) groups is 1. The van der Waals surface area contributed by atoms with Gasteiger partial charge in [0.15, 0.2) is 0 Å². The van der Waals surface area contributed by atoms with Gasteiger partial charge in [0.25, 0.3) is 0 Å². The van der Waals surface area contributed by atoms with E-state index in [1.807, 2.05) is 38.1 Å². The molecular formula is C11H13NO. The minimum atomic E-state index is -0.0913. The van der Waals surface area contributed by atoms with Crippen molar-refractivity contribution in [2.45, 2.75) is 13.8 Å². The van der Waals surface area contributed by atoms with Gasteiger partial charge in [0.2, 0.25) is 5.91 Å². The van der Waals surface area contributed by atoms with Crippen LogP contribution >= 0.6 is 0 Å². The summed E-state index contributed by atoms with van der Waals surface area (Å²) >= 11 is 0. The van der Waals surface area contributed by atoms with E-state index in [1.54, 1.807) is 6.08 Å². The second-order valence-corrected chi connectivity index (χ2v) is 2.86. The molecule has 1 aromatic rings. The summed E-state index contributed by atoms with van der Waals surface area (Å²) < 4.78 is 0. The molecule has 0 radical (unpaired) electrons. The second kappa shape index (κ2) is 4.45. The van der Waals surface area contributed by atoms with Gasteiger partial charge in [-0.2, -0.15) is 0 Å². The number of nitrogens with one attached hydrogen (secondary N) is 1. The Morgan fingerprint density at radius 3 is 2.46 bits per heavy atom. The van der Waals surface area contributed by atoms with Gasteiger partial charge in [-0.05, 0) is 32.1 Å². The van der Waals surface area contributed by atoms with Crippen LogP contribution in [0.5, 0.6) is 0 Å². The van der Waals surface area contributed by atoms with Gasteiger partial charge in [0, 0.05) is 5.69 Å². The molecule has 0 saturated heterocycles. The minimum absolute atomic E-state index is 0.0913. The third-order valence-electron chi connectivity index (χ3n) is 1.64. The third kappa shape index (κ3) is 3.11. The van der Waals surface area contributed by atoms with Crippen molar-refractivity contribution in [2.75, 3.05) is 5.32 Å². The molecule has 0 bridgehead atoms. The quantitative estimate of drug-likeness (QED) is 0.687. The summed E-state index contributed by atoms with van der Waals surface area (Å²) in [5, 5.41) is 2.74. The summed E-state index contributed by atoms with van der Waals surface area (Å²) in [6.07, 6.45) is 3.21. The highest BCUT2D eigenvalue weighted by Crippen LogP contribution is 2.08. The Balaban J connectivity index is 2.64. The molecule has 13 heavy (non-hydrogen) atoms. The van der Waals surface area contributed by atoms with E-state index < -0.39 is 0 Å². The number of carbonyl (C=O) groups excluding carboxylic acids is 1. The van der Waals surface area contributed by atoms with E-state index in [0.717, 1.165) is 5.69 Å². The molecule has 0 aromatic heterocycles. The molecular weight excluding hydrogens is 162 g/mol. The largest absolute Gasteiger partial charge is 0.323 e. The highest BCUT2D eigenvalue weighted by molar-refractivity contribution is 5.99. The molecule has 1 rings (SSSR count). The number of allylic oxidation sites excluding steroid dienone is 1. The first-order chi connectivity index (χ1) is 6.22. The lowest BCUT2D eigenvalue weighted by Crippen LogP contribution is -2.07. The normalized spacial score (nSPS) is 10.3. The zero-order valence-corrected chi connectivity index (χ0v) is 7.87. The topological polar surface area (TPSA) is 29.1 Å². The maximum Gasteiger partial charge on any atom is 0.248 e. The fraction of sp³-hybridized carbons (Fsp3) is 0.182. The van der Waals surface area contributed by atoms with Crippen molar-refractivity contribution in [1.82, 2.24) is 0 Å². The van der Waals surface area contributed by atoms with Gasteiger partial charge >= 0.3 is 0 Å². The van der Waals surface area contributed by atoms with E-state index in [2.05, 4.69) is 5.32 Å². The molecule has 0 aliphatic rings.